The molecule has 0 N–H and O–H groups in total. The lowest BCUT2D eigenvalue weighted by Gasteiger charge is -2.21. The molecular weight excluding hydrogens is 214 g/mol. The highest BCUT2D eigenvalue weighted by Crippen LogP contribution is 2.29. The van der Waals surface area contributed by atoms with Gasteiger partial charge in [-0.05, 0) is 45.3 Å². The van der Waals surface area contributed by atoms with E-state index in [2.05, 4.69) is 17.8 Å². The van der Waals surface area contributed by atoms with Crippen LogP contribution in [-0.4, -0.2) is 11.0 Å². The highest BCUT2D eigenvalue weighted by molar-refractivity contribution is 7.99. The van der Waals surface area contributed by atoms with Crippen LogP contribution in [0.1, 0.15) is 65.2 Å². The molecule has 0 aliphatic heterocycles. The van der Waals surface area contributed by atoms with Gasteiger partial charge in [-0.3, -0.25) is 0 Å². The van der Waals surface area contributed by atoms with E-state index in [0.29, 0.717) is 0 Å². The molecule has 16 heavy (non-hydrogen) atoms. The Morgan fingerprint density at radius 2 is 1.88 bits per heavy atom. The highest BCUT2D eigenvalue weighted by Gasteiger charge is 2.16. The molecule has 0 atom stereocenters. The third kappa shape index (κ3) is 5.80. The minimum absolute atomic E-state index is 0.116. The van der Waals surface area contributed by atoms with Crippen molar-refractivity contribution in [1.82, 2.24) is 0 Å². The van der Waals surface area contributed by atoms with Crippen LogP contribution in [0.15, 0.2) is 0 Å². The van der Waals surface area contributed by atoms with Crippen molar-refractivity contribution in [2.45, 2.75) is 70.5 Å². The summed E-state index contributed by atoms with van der Waals surface area (Å²) in [6.07, 6.45) is 10.8. The van der Waals surface area contributed by atoms with Gasteiger partial charge in [-0.2, -0.15) is 17.0 Å². The number of hydrogen-bond donors (Lipinski definition) is 0. The van der Waals surface area contributed by atoms with E-state index in [-0.39, 0.29) is 5.41 Å². The van der Waals surface area contributed by atoms with Crippen molar-refractivity contribution in [2.75, 3.05) is 5.75 Å². The van der Waals surface area contributed by atoms with E-state index in [4.69, 9.17) is 5.26 Å². The second-order valence-electron chi connectivity index (χ2n) is 5.58. The average molecular weight is 239 g/mol. The van der Waals surface area contributed by atoms with Gasteiger partial charge in [0.25, 0.3) is 0 Å². The fourth-order valence-electron chi connectivity index (χ4n) is 2.21. The van der Waals surface area contributed by atoms with Gasteiger partial charge in [0.05, 0.1) is 11.5 Å². The van der Waals surface area contributed by atoms with E-state index in [9.17, 15) is 0 Å². The minimum atomic E-state index is -0.116. The molecule has 0 bridgehead atoms. The molecule has 1 fully saturated rings. The zero-order chi connectivity index (χ0) is 11.9. The van der Waals surface area contributed by atoms with Gasteiger partial charge in [0, 0.05) is 5.25 Å². The monoisotopic (exact) mass is 239 g/mol. The second-order valence-corrected chi connectivity index (χ2v) is 6.99. The summed E-state index contributed by atoms with van der Waals surface area (Å²) >= 11 is 2.17. The smallest absolute Gasteiger partial charge is 0.0683 e. The van der Waals surface area contributed by atoms with Crippen molar-refractivity contribution < 1.29 is 0 Å². The van der Waals surface area contributed by atoms with Crippen LogP contribution in [0.25, 0.3) is 0 Å². The lowest BCUT2D eigenvalue weighted by Crippen LogP contribution is -2.09. The number of hydrogen-bond acceptors (Lipinski definition) is 2. The van der Waals surface area contributed by atoms with Crippen molar-refractivity contribution in [1.29, 1.82) is 5.26 Å². The molecule has 0 amide bonds. The van der Waals surface area contributed by atoms with E-state index in [1.165, 1.54) is 50.7 Å². The average Bonchev–Trinajstić information content (AvgIpc) is 2.30. The summed E-state index contributed by atoms with van der Waals surface area (Å²) in [5.41, 5.74) is -0.116. The van der Waals surface area contributed by atoms with E-state index in [0.717, 1.165) is 11.7 Å². The Morgan fingerprint density at radius 3 is 2.50 bits per heavy atom. The zero-order valence-corrected chi connectivity index (χ0v) is 11.6. The Labute approximate surface area is 105 Å². The fourth-order valence-corrected chi connectivity index (χ4v) is 3.58. The molecule has 2 heteroatoms. The van der Waals surface area contributed by atoms with Crippen LogP contribution < -0.4 is 0 Å². The quantitative estimate of drug-likeness (QED) is 0.623. The first-order valence-electron chi connectivity index (χ1n) is 6.67. The number of nitriles is 1. The summed E-state index contributed by atoms with van der Waals surface area (Å²) in [6.45, 7) is 4.09. The van der Waals surface area contributed by atoms with Crippen LogP contribution in [0.5, 0.6) is 0 Å². The van der Waals surface area contributed by atoms with Crippen LogP contribution in [0.4, 0.5) is 0 Å². The molecule has 1 aliphatic carbocycles. The van der Waals surface area contributed by atoms with E-state index in [1.54, 1.807) is 0 Å². The molecule has 0 aromatic carbocycles. The van der Waals surface area contributed by atoms with Crippen LogP contribution in [0.2, 0.25) is 0 Å². The lowest BCUT2D eigenvalue weighted by atomic mass is 9.89. The zero-order valence-electron chi connectivity index (χ0n) is 10.8. The molecule has 1 nitrogen and oxygen atoms in total. The molecule has 1 saturated carbocycles. The standard InChI is InChI=1S/C14H25NS/c1-14(2,12-15)10-6-7-11-16-13-8-4-3-5-9-13/h13H,3-11H2,1-2H3. The van der Waals surface area contributed by atoms with Gasteiger partial charge in [-0.15, -0.1) is 0 Å². The predicted octanol–water partition coefficient (Wildman–Crippen LogP) is 4.77. The van der Waals surface area contributed by atoms with Crippen molar-refractivity contribution in [3.63, 3.8) is 0 Å². The molecule has 0 aromatic heterocycles. The summed E-state index contributed by atoms with van der Waals surface area (Å²) in [4.78, 5) is 0. The number of unbranched alkanes of at least 4 members (excludes halogenated alkanes) is 1. The predicted molar refractivity (Wildman–Crippen MR) is 72.6 cm³/mol. The van der Waals surface area contributed by atoms with Gasteiger partial charge in [0.1, 0.15) is 0 Å². The van der Waals surface area contributed by atoms with Crippen LogP contribution in [0, 0.1) is 16.7 Å². The molecule has 92 valence electrons. The fraction of sp³-hybridized carbons (Fsp3) is 0.929. The van der Waals surface area contributed by atoms with Gasteiger partial charge in [-0.1, -0.05) is 25.7 Å². The summed E-state index contributed by atoms with van der Waals surface area (Å²) in [5, 5.41) is 9.84. The number of nitrogens with zero attached hydrogens (tertiary/aromatic N) is 1. The third-order valence-electron chi connectivity index (χ3n) is 3.40. The summed E-state index contributed by atoms with van der Waals surface area (Å²) in [6, 6.07) is 2.37. The summed E-state index contributed by atoms with van der Waals surface area (Å²) in [7, 11) is 0. The van der Waals surface area contributed by atoms with Crippen molar-refractivity contribution >= 4 is 11.8 Å². The Bertz CT molecular complexity index is 223. The Morgan fingerprint density at radius 1 is 1.19 bits per heavy atom. The summed E-state index contributed by atoms with van der Waals surface area (Å²) < 4.78 is 0. The normalized spacial score (nSPS) is 18.3. The molecule has 0 radical (unpaired) electrons. The van der Waals surface area contributed by atoms with E-state index >= 15 is 0 Å². The Balaban J connectivity index is 1.97. The topological polar surface area (TPSA) is 23.8 Å². The molecule has 0 heterocycles. The Kier molecular flexibility index (Phi) is 6.28. The van der Waals surface area contributed by atoms with Gasteiger partial charge < -0.3 is 0 Å². The first-order valence-corrected chi connectivity index (χ1v) is 7.72. The maximum absolute atomic E-state index is 8.90. The van der Waals surface area contributed by atoms with Crippen LogP contribution in [-0.2, 0) is 0 Å². The van der Waals surface area contributed by atoms with E-state index in [1.807, 2.05) is 13.8 Å². The molecule has 0 spiro atoms. The van der Waals surface area contributed by atoms with Gasteiger partial charge in [0.15, 0.2) is 0 Å². The first-order chi connectivity index (χ1) is 7.64. The van der Waals surface area contributed by atoms with Crippen molar-refractivity contribution in [2.24, 2.45) is 5.41 Å². The Hall–Kier alpha value is -0.160. The maximum Gasteiger partial charge on any atom is 0.0683 e. The number of rotatable bonds is 6. The molecule has 0 unspecified atom stereocenters. The highest BCUT2D eigenvalue weighted by atomic mass is 32.2. The lowest BCUT2D eigenvalue weighted by molar-refractivity contribution is 0.432. The van der Waals surface area contributed by atoms with Crippen molar-refractivity contribution in [3.05, 3.63) is 0 Å². The molecule has 0 aromatic rings. The largest absolute Gasteiger partial charge is 0.198 e. The first kappa shape index (κ1) is 13.9. The SMILES string of the molecule is CC(C)(C#N)CCCCSC1CCCCC1. The molecule has 0 saturated heterocycles. The number of thioether (sulfide) groups is 1. The van der Waals surface area contributed by atoms with Gasteiger partial charge in [0.2, 0.25) is 0 Å². The molecule has 1 rings (SSSR count). The molecule has 1 aliphatic rings. The minimum Gasteiger partial charge on any atom is -0.198 e. The van der Waals surface area contributed by atoms with Crippen molar-refractivity contribution in [3.8, 4) is 6.07 Å². The summed E-state index contributed by atoms with van der Waals surface area (Å²) in [5.74, 6) is 1.30. The van der Waals surface area contributed by atoms with Crippen LogP contribution >= 0.6 is 11.8 Å². The third-order valence-corrected chi connectivity index (χ3v) is 4.87. The van der Waals surface area contributed by atoms with Gasteiger partial charge >= 0.3 is 0 Å². The second kappa shape index (κ2) is 7.22. The van der Waals surface area contributed by atoms with E-state index < -0.39 is 0 Å². The van der Waals surface area contributed by atoms with Crippen LogP contribution in [0.3, 0.4) is 0 Å². The van der Waals surface area contributed by atoms with Gasteiger partial charge in [-0.25, -0.2) is 0 Å². The maximum atomic E-state index is 8.90. The molecular formula is C14H25NS.